The van der Waals surface area contributed by atoms with Crippen LogP contribution in [0.25, 0.3) is 0 Å². The molecule has 1 aliphatic carbocycles. The summed E-state index contributed by atoms with van der Waals surface area (Å²) < 4.78 is 5.29. The van der Waals surface area contributed by atoms with Gasteiger partial charge >= 0.3 is 5.97 Å². The Bertz CT molecular complexity index is 777. The monoisotopic (exact) mass is 373 g/mol. The number of hydrogen-bond donors (Lipinski definition) is 0. The molecule has 0 unspecified atom stereocenters. The molecule has 0 aromatic heterocycles. The van der Waals surface area contributed by atoms with E-state index in [2.05, 4.69) is 0 Å². The molecule has 6 heteroatoms. The highest BCUT2D eigenvalue weighted by Gasteiger charge is 2.53. The Labute approximate surface area is 157 Å². The second kappa shape index (κ2) is 6.72. The molecule has 1 aromatic carbocycles. The first kappa shape index (κ1) is 17.6. The first-order valence-electron chi connectivity index (χ1n) is 9.26. The number of nitrogens with zero attached hydrogens (tertiary/aromatic N) is 1. The third kappa shape index (κ3) is 3.04. The molecule has 2 atom stereocenters. The van der Waals surface area contributed by atoms with Crippen LogP contribution in [0.4, 0.5) is 0 Å². The predicted octanol–water partition coefficient (Wildman–Crippen LogP) is 2.75. The number of Topliss-reactive ketones (excluding diaryl/α,β-unsaturated/α-hetero) is 1. The summed E-state index contributed by atoms with van der Waals surface area (Å²) in [6.07, 6.45) is 5.66. The lowest BCUT2D eigenvalue weighted by Gasteiger charge is -2.29. The molecule has 0 radical (unpaired) electrons. The summed E-state index contributed by atoms with van der Waals surface area (Å²) in [5.41, 5.74) is 3.15. The van der Waals surface area contributed by atoms with Crippen LogP contribution in [0.3, 0.4) is 0 Å². The highest BCUT2D eigenvalue weighted by Crippen LogP contribution is 2.47. The number of carbonyl (C=O) groups is 3. The molecule has 2 saturated heterocycles. The van der Waals surface area contributed by atoms with Gasteiger partial charge in [-0.05, 0) is 56.2 Å². The summed E-state index contributed by atoms with van der Waals surface area (Å²) >= 11 is 1.62. The van der Waals surface area contributed by atoms with Crippen molar-refractivity contribution in [2.45, 2.75) is 56.4 Å². The molecule has 26 heavy (non-hydrogen) atoms. The Morgan fingerprint density at radius 2 is 2.00 bits per heavy atom. The third-order valence-electron chi connectivity index (χ3n) is 5.73. The van der Waals surface area contributed by atoms with Gasteiger partial charge in [0.15, 0.2) is 12.4 Å². The van der Waals surface area contributed by atoms with E-state index in [0.29, 0.717) is 17.7 Å². The average molecular weight is 373 g/mol. The second-order valence-corrected chi connectivity index (χ2v) is 8.99. The summed E-state index contributed by atoms with van der Waals surface area (Å²) in [4.78, 5) is 38.4. The van der Waals surface area contributed by atoms with Crippen LogP contribution < -0.4 is 0 Å². The van der Waals surface area contributed by atoms with Gasteiger partial charge in [-0.2, -0.15) is 0 Å². The molecular formula is C20H23NO4S. The first-order chi connectivity index (χ1) is 12.5. The fraction of sp³-hybridized carbons (Fsp3) is 0.550. The minimum Gasteiger partial charge on any atom is -0.456 e. The van der Waals surface area contributed by atoms with Crippen molar-refractivity contribution in [1.29, 1.82) is 0 Å². The van der Waals surface area contributed by atoms with Crippen LogP contribution in [-0.4, -0.2) is 45.8 Å². The maximum Gasteiger partial charge on any atom is 0.330 e. The number of fused-ring (bicyclic) bond motifs is 2. The molecule has 1 amide bonds. The normalized spacial score (nSPS) is 27.2. The van der Waals surface area contributed by atoms with Crippen molar-refractivity contribution >= 4 is 29.4 Å². The lowest BCUT2D eigenvalue weighted by atomic mass is 9.90. The molecule has 1 aromatic rings. The van der Waals surface area contributed by atoms with Crippen molar-refractivity contribution in [2.75, 3.05) is 12.4 Å². The van der Waals surface area contributed by atoms with Gasteiger partial charge in [0.25, 0.3) is 0 Å². The van der Waals surface area contributed by atoms with Gasteiger partial charge in [-0.3, -0.25) is 9.59 Å². The SMILES string of the molecule is C[C@@]12CCC(=O)N1[C@@H](C(=O)OCC(=O)c1ccc3c(c1)CCCC3)CS2. The maximum atomic E-state index is 12.5. The number of ether oxygens (including phenoxy) is 1. The number of ketones is 1. The van der Waals surface area contributed by atoms with Crippen LogP contribution in [0, 0.1) is 0 Å². The van der Waals surface area contributed by atoms with Gasteiger partial charge in [-0.25, -0.2) is 4.79 Å². The van der Waals surface area contributed by atoms with Gasteiger partial charge in [0, 0.05) is 17.7 Å². The topological polar surface area (TPSA) is 63.7 Å². The quantitative estimate of drug-likeness (QED) is 0.600. The van der Waals surface area contributed by atoms with E-state index in [4.69, 9.17) is 4.74 Å². The predicted molar refractivity (Wildman–Crippen MR) is 99.1 cm³/mol. The molecule has 138 valence electrons. The van der Waals surface area contributed by atoms with E-state index < -0.39 is 12.0 Å². The van der Waals surface area contributed by atoms with E-state index in [-0.39, 0.29) is 23.2 Å². The third-order valence-corrected chi connectivity index (χ3v) is 7.24. The number of thioether (sulfide) groups is 1. The molecule has 2 fully saturated rings. The summed E-state index contributed by atoms with van der Waals surface area (Å²) in [7, 11) is 0. The Morgan fingerprint density at radius 1 is 1.23 bits per heavy atom. The van der Waals surface area contributed by atoms with Crippen LogP contribution in [0.5, 0.6) is 0 Å². The lowest BCUT2D eigenvalue weighted by Crippen LogP contribution is -2.46. The van der Waals surface area contributed by atoms with Crippen LogP contribution in [0.2, 0.25) is 0 Å². The van der Waals surface area contributed by atoms with Crippen molar-refractivity contribution in [1.82, 2.24) is 4.90 Å². The van der Waals surface area contributed by atoms with E-state index in [0.717, 1.165) is 25.7 Å². The molecule has 0 N–H and O–H groups in total. The number of esters is 1. The molecule has 3 aliphatic rings. The highest BCUT2D eigenvalue weighted by molar-refractivity contribution is 8.01. The minimum atomic E-state index is -0.573. The Kier molecular flexibility index (Phi) is 4.55. The van der Waals surface area contributed by atoms with Crippen LogP contribution >= 0.6 is 11.8 Å². The number of rotatable bonds is 4. The van der Waals surface area contributed by atoms with Crippen molar-refractivity contribution in [3.05, 3.63) is 34.9 Å². The van der Waals surface area contributed by atoms with Crippen molar-refractivity contribution < 1.29 is 19.1 Å². The molecule has 2 heterocycles. The summed E-state index contributed by atoms with van der Waals surface area (Å²) in [6.45, 7) is 1.73. The van der Waals surface area contributed by atoms with E-state index in [9.17, 15) is 14.4 Å². The number of amides is 1. The Balaban J connectivity index is 1.39. The summed E-state index contributed by atoms with van der Waals surface area (Å²) in [5, 5.41) is 0. The Morgan fingerprint density at radius 3 is 2.81 bits per heavy atom. The second-order valence-electron chi connectivity index (χ2n) is 7.49. The molecule has 0 spiro atoms. The van der Waals surface area contributed by atoms with Crippen LogP contribution in [0.1, 0.15) is 54.1 Å². The largest absolute Gasteiger partial charge is 0.456 e. The smallest absolute Gasteiger partial charge is 0.330 e. The molecular weight excluding hydrogens is 350 g/mol. The summed E-state index contributed by atoms with van der Waals surface area (Å²) in [5.74, 6) is -0.121. The molecule has 0 saturated carbocycles. The summed E-state index contributed by atoms with van der Waals surface area (Å²) in [6, 6.07) is 5.21. The number of carbonyl (C=O) groups excluding carboxylic acids is 3. The minimum absolute atomic E-state index is 0.000429. The number of aryl methyl sites for hydroxylation is 2. The zero-order valence-electron chi connectivity index (χ0n) is 15.0. The lowest BCUT2D eigenvalue weighted by molar-refractivity contribution is -0.152. The van der Waals surface area contributed by atoms with Gasteiger partial charge in [0.05, 0.1) is 4.87 Å². The molecule has 4 rings (SSSR count). The fourth-order valence-corrected chi connectivity index (χ4v) is 5.63. The fourth-order valence-electron chi connectivity index (χ4n) is 4.22. The van der Waals surface area contributed by atoms with Crippen molar-refractivity contribution in [3.8, 4) is 0 Å². The van der Waals surface area contributed by atoms with Gasteiger partial charge in [0.2, 0.25) is 5.91 Å². The van der Waals surface area contributed by atoms with Gasteiger partial charge in [-0.15, -0.1) is 11.8 Å². The van der Waals surface area contributed by atoms with E-state index in [1.165, 1.54) is 17.5 Å². The first-order valence-corrected chi connectivity index (χ1v) is 10.2. The van der Waals surface area contributed by atoms with Crippen LogP contribution in [0.15, 0.2) is 18.2 Å². The average Bonchev–Trinajstić information content (AvgIpc) is 3.15. The highest BCUT2D eigenvalue weighted by atomic mass is 32.2. The van der Waals surface area contributed by atoms with Gasteiger partial charge in [-0.1, -0.05) is 12.1 Å². The zero-order chi connectivity index (χ0) is 18.3. The number of benzene rings is 1. The Hall–Kier alpha value is -1.82. The van der Waals surface area contributed by atoms with E-state index in [1.54, 1.807) is 16.7 Å². The molecule has 0 bridgehead atoms. The van der Waals surface area contributed by atoms with Crippen LogP contribution in [-0.2, 0) is 27.2 Å². The van der Waals surface area contributed by atoms with Crippen molar-refractivity contribution in [3.63, 3.8) is 0 Å². The van der Waals surface area contributed by atoms with E-state index in [1.807, 2.05) is 25.1 Å². The molecule has 5 nitrogen and oxygen atoms in total. The zero-order valence-corrected chi connectivity index (χ0v) is 15.8. The van der Waals surface area contributed by atoms with Gasteiger partial charge < -0.3 is 9.64 Å². The van der Waals surface area contributed by atoms with Crippen molar-refractivity contribution in [2.24, 2.45) is 0 Å². The number of hydrogen-bond acceptors (Lipinski definition) is 5. The maximum absolute atomic E-state index is 12.5. The molecule has 2 aliphatic heterocycles. The van der Waals surface area contributed by atoms with E-state index >= 15 is 0 Å². The van der Waals surface area contributed by atoms with Gasteiger partial charge in [0.1, 0.15) is 6.04 Å². The standard InChI is InChI=1S/C20H23NO4S/c1-20-9-8-18(23)21(20)16(12-26-20)19(24)25-11-17(22)15-7-6-13-4-2-3-5-14(13)10-15/h6-7,10,16H,2-5,8-9,11-12H2,1H3/t16-,20-/m1/s1.